The third-order valence-corrected chi connectivity index (χ3v) is 4.78. The van der Waals surface area contributed by atoms with Crippen molar-refractivity contribution in [3.63, 3.8) is 0 Å². The Labute approximate surface area is 148 Å². The molecule has 0 radical (unpaired) electrons. The number of nitrogens with one attached hydrogen (secondary N) is 1. The van der Waals surface area contributed by atoms with Crippen molar-refractivity contribution in [2.45, 2.75) is 13.0 Å². The summed E-state index contributed by atoms with van der Waals surface area (Å²) in [6.07, 6.45) is 0. The number of aromatic hydroxyl groups is 1. The number of nitrogens with zero attached hydrogens (tertiary/aromatic N) is 2. The molecular formula is C19H23N3OS. The number of piperazine rings is 1. The zero-order valence-electron chi connectivity index (χ0n) is 13.9. The molecule has 0 spiro atoms. The second-order valence-corrected chi connectivity index (χ2v) is 6.46. The lowest BCUT2D eigenvalue weighted by Gasteiger charge is -2.38. The van der Waals surface area contributed by atoms with Crippen LogP contribution in [0.2, 0.25) is 0 Å². The molecule has 2 N–H and O–H groups in total. The summed E-state index contributed by atoms with van der Waals surface area (Å²) < 4.78 is 0. The van der Waals surface area contributed by atoms with Crippen LogP contribution in [0.4, 0.5) is 5.69 Å². The lowest BCUT2D eigenvalue weighted by atomic mass is 10.1. The van der Waals surface area contributed by atoms with E-state index in [1.807, 2.05) is 36.4 Å². The monoisotopic (exact) mass is 341 g/mol. The molecule has 0 saturated carbocycles. The van der Waals surface area contributed by atoms with Crippen LogP contribution < -0.4 is 10.2 Å². The second-order valence-electron chi connectivity index (χ2n) is 6.08. The van der Waals surface area contributed by atoms with Gasteiger partial charge in [0.25, 0.3) is 0 Å². The van der Waals surface area contributed by atoms with Crippen molar-refractivity contribution < 1.29 is 5.11 Å². The third-order valence-electron chi connectivity index (χ3n) is 4.40. The van der Waals surface area contributed by atoms with Gasteiger partial charge in [-0.15, -0.1) is 0 Å². The number of hydrogen-bond donors (Lipinski definition) is 2. The van der Waals surface area contributed by atoms with Crippen LogP contribution in [0.1, 0.15) is 18.5 Å². The van der Waals surface area contributed by atoms with E-state index >= 15 is 0 Å². The standard InChI is InChI=1S/C19H23N3OS/c1-15(16-6-3-2-4-7-16)20-19(24)22-12-10-21(11-13-22)17-8-5-9-18(23)14-17/h2-9,14-15,23H,10-13H2,1H3,(H,20,24)/t15-/m0/s1. The van der Waals surface area contributed by atoms with Crippen molar-refractivity contribution in [1.82, 2.24) is 10.2 Å². The molecule has 0 aromatic heterocycles. The van der Waals surface area contributed by atoms with Gasteiger partial charge in [-0.25, -0.2) is 0 Å². The highest BCUT2D eigenvalue weighted by molar-refractivity contribution is 7.80. The summed E-state index contributed by atoms with van der Waals surface area (Å²) in [5, 5.41) is 13.9. The number of thiocarbonyl (C=S) groups is 1. The van der Waals surface area contributed by atoms with Gasteiger partial charge in [-0.1, -0.05) is 36.4 Å². The maximum Gasteiger partial charge on any atom is 0.169 e. The Hall–Kier alpha value is -2.27. The molecule has 2 aromatic carbocycles. The van der Waals surface area contributed by atoms with E-state index in [9.17, 15) is 5.11 Å². The van der Waals surface area contributed by atoms with Crippen molar-refractivity contribution in [1.29, 1.82) is 0 Å². The zero-order valence-corrected chi connectivity index (χ0v) is 14.7. The van der Waals surface area contributed by atoms with Gasteiger partial charge in [0.05, 0.1) is 6.04 Å². The minimum atomic E-state index is 0.197. The van der Waals surface area contributed by atoms with Gasteiger partial charge in [-0.3, -0.25) is 0 Å². The van der Waals surface area contributed by atoms with Crippen LogP contribution in [0.5, 0.6) is 5.75 Å². The summed E-state index contributed by atoms with van der Waals surface area (Å²) in [7, 11) is 0. The van der Waals surface area contributed by atoms with Crippen LogP contribution in [0.3, 0.4) is 0 Å². The molecule has 3 rings (SSSR count). The number of benzene rings is 2. The highest BCUT2D eigenvalue weighted by Crippen LogP contribution is 2.21. The van der Waals surface area contributed by atoms with Crippen molar-refractivity contribution >= 4 is 23.0 Å². The highest BCUT2D eigenvalue weighted by Gasteiger charge is 2.20. The molecule has 5 heteroatoms. The van der Waals surface area contributed by atoms with E-state index < -0.39 is 0 Å². The molecule has 2 aromatic rings. The fourth-order valence-corrected chi connectivity index (χ4v) is 3.32. The Balaban J connectivity index is 1.53. The van der Waals surface area contributed by atoms with E-state index in [0.717, 1.165) is 37.0 Å². The molecule has 126 valence electrons. The van der Waals surface area contributed by atoms with Gasteiger partial charge in [0.2, 0.25) is 0 Å². The topological polar surface area (TPSA) is 38.7 Å². The van der Waals surface area contributed by atoms with Crippen LogP contribution in [-0.4, -0.2) is 41.3 Å². The molecule has 4 nitrogen and oxygen atoms in total. The Morgan fingerprint density at radius 3 is 2.42 bits per heavy atom. The normalized spacial score (nSPS) is 15.9. The van der Waals surface area contributed by atoms with E-state index in [-0.39, 0.29) is 6.04 Å². The molecule has 1 aliphatic heterocycles. The summed E-state index contributed by atoms with van der Waals surface area (Å²) in [6.45, 7) is 5.67. The largest absolute Gasteiger partial charge is 0.508 e. The van der Waals surface area contributed by atoms with E-state index in [0.29, 0.717) is 5.75 Å². The number of anilines is 1. The molecule has 1 saturated heterocycles. The number of hydrogen-bond acceptors (Lipinski definition) is 3. The number of phenols is 1. The molecule has 1 heterocycles. The quantitative estimate of drug-likeness (QED) is 0.839. The molecule has 1 aliphatic rings. The van der Waals surface area contributed by atoms with E-state index in [2.05, 4.69) is 34.2 Å². The average molecular weight is 341 g/mol. The maximum absolute atomic E-state index is 9.62. The molecule has 0 bridgehead atoms. The summed E-state index contributed by atoms with van der Waals surface area (Å²) >= 11 is 5.58. The Morgan fingerprint density at radius 2 is 1.75 bits per heavy atom. The number of phenolic OH excluding ortho intramolecular Hbond substituents is 1. The number of rotatable bonds is 3. The lowest BCUT2D eigenvalue weighted by Crippen LogP contribution is -2.52. The van der Waals surface area contributed by atoms with Crippen molar-refractivity contribution in [3.05, 3.63) is 60.2 Å². The van der Waals surface area contributed by atoms with Gasteiger partial charge < -0.3 is 20.2 Å². The van der Waals surface area contributed by atoms with Crippen molar-refractivity contribution in [2.24, 2.45) is 0 Å². The van der Waals surface area contributed by atoms with Gasteiger partial charge >= 0.3 is 0 Å². The smallest absolute Gasteiger partial charge is 0.169 e. The van der Waals surface area contributed by atoms with Crippen LogP contribution in [-0.2, 0) is 0 Å². The summed E-state index contributed by atoms with van der Waals surface area (Å²) in [4.78, 5) is 4.49. The lowest BCUT2D eigenvalue weighted by molar-refractivity contribution is 0.376. The molecular weight excluding hydrogens is 318 g/mol. The molecule has 0 aliphatic carbocycles. The SMILES string of the molecule is C[C@H](NC(=S)N1CCN(c2cccc(O)c2)CC1)c1ccccc1. The molecule has 24 heavy (non-hydrogen) atoms. The van der Waals surface area contributed by atoms with E-state index in [1.54, 1.807) is 6.07 Å². The van der Waals surface area contributed by atoms with Gasteiger partial charge in [-0.2, -0.15) is 0 Å². The third kappa shape index (κ3) is 3.97. The van der Waals surface area contributed by atoms with E-state index in [1.165, 1.54) is 5.56 Å². The summed E-state index contributed by atoms with van der Waals surface area (Å²) in [5.74, 6) is 0.309. The van der Waals surface area contributed by atoms with E-state index in [4.69, 9.17) is 12.2 Å². The highest BCUT2D eigenvalue weighted by atomic mass is 32.1. The second kappa shape index (κ2) is 7.53. The van der Waals surface area contributed by atoms with Crippen molar-refractivity contribution in [2.75, 3.05) is 31.1 Å². The molecule has 0 unspecified atom stereocenters. The fourth-order valence-electron chi connectivity index (χ4n) is 2.96. The molecule has 1 fully saturated rings. The first kappa shape index (κ1) is 16.6. The fraction of sp³-hybridized carbons (Fsp3) is 0.316. The molecule has 0 amide bonds. The van der Waals surface area contributed by atoms with Crippen LogP contribution in [0.25, 0.3) is 0 Å². The zero-order chi connectivity index (χ0) is 16.9. The van der Waals surface area contributed by atoms with Gasteiger partial charge in [0.15, 0.2) is 5.11 Å². The van der Waals surface area contributed by atoms with Gasteiger partial charge in [-0.05, 0) is 36.8 Å². The predicted octanol–water partition coefficient (Wildman–Crippen LogP) is 3.15. The predicted molar refractivity (Wildman–Crippen MR) is 102 cm³/mol. The first-order valence-electron chi connectivity index (χ1n) is 8.28. The summed E-state index contributed by atoms with van der Waals surface area (Å²) in [5.41, 5.74) is 2.30. The summed E-state index contributed by atoms with van der Waals surface area (Å²) in [6, 6.07) is 18.0. The first-order valence-corrected chi connectivity index (χ1v) is 8.68. The Morgan fingerprint density at radius 1 is 1.04 bits per heavy atom. The van der Waals surface area contributed by atoms with Crippen LogP contribution in [0, 0.1) is 0 Å². The molecule has 1 atom stereocenters. The maximum atomic E-state index is 9.62. The van der Waals surface area contributed by atoms with Gasteiger partial charge in [0.1, 0.15) is 5.75 Å². The van der Waals surface area contributed by atoms with Crippen molar-refractivity contribution in [3.8, 4) is 5.75 Å². The Bertz CT molecular complexity index is 684. The minimum absolute atomic E-state index is 0.197. The first-order chi connectivity index (χ1) is 11.6. The van der Waals surface area contributed by atoms with Crippen LogP contribution in [0.15, 0.2) is 54.6 Å². The average Bonchev–Trinajstić information content (AvgIpc) is 2.62. The van der Waals surface area contributed by atoms with Gasteiger partial charge in [0, 0.05) is 37.9 Å². The Kier molecular flexibility index (Phi) is 5.20. The minimum Gasteiger partial charge on any atom is -0.508 e. The van der Waals surface area contributed by atoms with Crippen LogP contribution >= 0.6 is 12.2 Å².